The fourth-order valence-corrected chi connectivity index (χ4v) is 2.02. The molecule has 4 heteroatoms. The van der Waals surface area contributed by atoms with E-state index >= 15 is 0 Å². The zero-order valence-electron chi connectivity index (χ0n) is 10.1. The maximum absolute atomic E-state index is 11.6. The van der Waals surface area contributed by atoms with Crippen molar-refractivity contribution in [3.05, 3.63) is 35.9 Å². The van der Waals surface area contributed by atoms with Crippen LogP contribution in [0.4, 0.5) is 0 Å². The Hall–Kier alpha value is -1.39. The number of nitrogens with one attached hydrogen (secondary N) is 1. The minimum Gasteiger partial charge on any atom is -0.355 e. The highest BCUT2D eigenvalue weighted by Crippen LogP contribution is 2.26. The highest BCUT2D eigenvalue weighted by molar-refractivity contribution is 5.76. The monoisotopic (exact) mass is 235 g/mol. The average molecular weight is 235 g/mol. The van der Waals surface area contributed by atoms with Crippen LogP contribution in [-0.4, -0.2) is 25.3 Å². The molecule has 3 atom stereocenters. The van der Waals surface area contributed by atoms with Crippen molar-refractivity contribution in [1.82, 2.24) is 5.32 Å². The van der Waals surface area contributed by atoms with E-state index in [0.717, 1.165) is 5.56 Å². The molecule has 4 nitrogen and oxygen atoms in total. The van der Waals surface area contributed by atoms with E-state index in [-0.39, 0.29) is 24.5 Å². The van der Waals surface area contributed by atoms with Crippen LogP contribution in [0.15, 0.2) is 30.3 Å². The van der Waals surface area contributed by atoms with E-state index in [1.54, 1.807) is 7.11 Å². The van der Waals surface area contributed by atoms with Crippen LogP contribution in [0.1, 0.15) is 25.0 Å². The smallest absolute Gasteiger partial charge is 0.225 e. The minimum absolute atomic E-state index is 0.0391. The van der Waals surface area contributed by atoms with Crippen LogP contribution in [0.2, 0.25) is 0 Å². The van der Waals surface area contributed by atoms with Gasteiger partial charge in [-0.1, -0.05) is 30.3 Å². The van der Waals surface area contributed by atoms with Gasteiger partial charge in [-0.25, -0.2) is 0 Å². The Labute approximate surface area is 101 Å². The zero-order chi connectivity index (χ0) is 12.3. The number of amides is 1. The summed E-state index contributed by atoms with van der Waals surface area (Å²) in [5.74, 6) is -0.0391. The number of carbonyl (C=O) groups is 1. The van der Waals surface area contributed by atoms with E-state index in [4.69, 9.17) is 9.47 Å². The topological polar surface area (TPSA) is 47.6 Å². The fourth-order valence-electron chi connectivity index (χ4n) is 2.02. The third-order valence-corrected chi connectivity index (χ3v) is 2.88. The first kappa shape index (κ1) is 12.1. The molecule has 0 aliphatic carbocycles. The summed E-state index contributed by atoms with van der Waals surface area (Å²) in [7, 11) is 1.55. The summed E-state index contributed by atoms with van der Waals surface area (Å²) in [5.41, 5.74) is 1.05. The lowest BCUT2D eigenvalue weighted by molar-refractivity contribution is -0.160. The predicted octanol–water partition coefficient (Wildman–Crippen LogP) is 1.63. The summed E-state index contributed by atoms with van der Waals surface area (Å²) in [6.45, 7) is 1.94. The van der Waals surface area contributed by atoms with Crippen molar-refractivity contribution >= 4 is 5.91 Å². The van der Waals surface area contributed by atoms with Gasteiger partial charge in [0.2, 0.25) is 5.91 Å². The van der Waals surface area contributed by atoms with Gasteiger partial charge < -0.3 is 14.8 Å². The molecule has 1 aromatic rings. The molecule has 1 aliphatic heterocycles. The molecule has 1 saturated heterocycles. The number of rotatable bonds is 2. The SMILES string of the molecule is CO[C@@H]1CC(=O)N[C@@H](C)[C@@H](c2ccccc2)O1. The quantitative estimate of drug-likeness (QED) is 0.847. The van der Waals surface area contributed by atoms with Gasteiger partial charge in [0, 0.05) is 7.11 Å². The number of hydrogen-bond donors (Lipinski definition) is 1. The summed E-state index contributed by atoms with van der Waals surface area (Å²) in [6, 6.07) is 9.79. The number of hydrogen-bond acceptors (Lipinski definition) is 3. The molecular weight excluding hydrogens is 218 g/mol. The molecule has 0 radical (unpaired) electrons. The molecule has 0 bridgehead atoms. The van der Waals surface area contributed by atoms with E-state index in [0.29, 0.717) is 0 Å². The van der Waals surface area contributed by atoms with Gasteiger partial charge in [0.05, 0.1) is 12.5 Å². The largest absolute Gasteiger partial charge is 0.355 e. The number of benzene rings is 1. The highest BCUT2D eigenvalue weighted by atomic mass is 16.7. The van der Waals surface area contributed by atoms with Crippen LogP contribution in [0, 0.1) is 0 Å². The molecule has 1 N–H and O–H groups in total. The van der Waals surface area contributed by atoms with Crippen molar-refractivity contribution in [3.63, 3.8) is 0 Å². The molecule has 0 saturated carbocycles. The molecule has 1 fully saturated rings. The first-order valence-corrected chi connectivity index (χ1v) is 5.73. The van der Waals surface area contributed by atoms with Crippen molar-refractivity contribution in [1.29, 1.82) is 0 Å². The lowest BCUT2D eigenvalue weighted by Crippen LogP contribution is -2.34. The first-order chi connectivity index (χ1) is 8.20. The second kappa shape index (κ2) is 5.29. The Kier molecular flexibility index (Phi) is 3.76. The van der Waals surface area contributed by atoms with Crippen LogP contribution in [0.25, 0.3) is 0 Å². The second-order valence-electron chi connectivity index (χ2n) is 4.19. The number of ether oxygens (including phenoxy) is 2. The Morgan fingerprint density at radius 3 is 2.71 bits per heavy atom. The molecule has 92 valence electrons. The van der Waals surface area contributed by atoms with Gasteiger partial charge in [-0.05, 0) is 12.5 Å². The fraction of sp³-hybridized carbons (Fsp3) is 0.462. The number of methoxy groups -OCH3 is 1. The molecule has 0 unspecified atom stereocenters. The Bertz CT molecular complexity index is 380. The van der Waals surface area contributed by atoms with Crippen LogP contribution in [-0.2, 0) is 14.3 Å². The second-order valence-corrected chi connectivity index (χ2v) is 4.19. The number of carbonyl (C=O) groups excluding carboxylic acids is 1. The van der Waals surface area contributed by atoms with Crippen molar-refractivity contribution in [2.45, 2.75) is 31.8 Å². The van der Waals surface area contributed by atoms with E-state index < -0.39 is 6.29 Å². The third kappa shape index (κ3) is 2.84. The standard InChI is InChI=1S/C13H17NO3/c1-9-13(10-6-4-3-5-7-10)17-12(16-2)8-11(15)14-9/h3-7,9,12-13H,8H2,1-2H3,(H,14,15)/t9-,12-,13-/m0/s1. The van der Waals surface area contributed by atoms with Gasteiger partial charge in [0.15, 0.2) is 6.29 Å². The highest BCUT2D eigenvalue weighted by Gasteiger charge is 2.30. The maximum atomic E-state index is 11.6. The van der Waals surface area contributed by atoms with Gasteiger partial charge in [0.1, 0.15) is 6.10 Å². The van der Waals surface area contributed by atoms with Crippen LogP contribution in [0.3, 0.4) is 0 Å². The summed E-state index contributed by atoms with van der Waals surface area (Å²) < 4.78 is 11.0. The van der Waals surface area contributed by atoms with Crippen molar-refractivity contribution in [2.75, 3.05) is 7.11 Å². The van der Waals surface area contributed by atoms with E-state index in [1.807, 2.05) is 37.3 Å². The Morgan fingerprint density at radius 1 is 1.35 bits per heavy atom. The molecule has 1 aromatic carbocycles. The van der Waals surface area contributed by atoms with Gasteiger partial charge in [-0.2, -0.15) is 0 Å². The molecule has 17 heavy (non-hydrogen) atoms. The molecule has 0 spiro atoms. The third-order valence-electron chi connectivity index (χ3n) is 2.88. The normalized spacial score (nSPS) is 29.5. The molecular formula is C13H17NO3. The van der Waals surface area contributed by atoms with Crippen molar-refractivity contribution in [3.8, 4) is 0 Å². The first-order valence-electron chi connectivity index (χ1n) is 5.73. The van der Waals surface area contributed by atoms with Crippen LogP contribution >= 0.6 is 0 Å². The van der Waals surface area contributed by atoms with E-state index in [9.17, 15) is 4.79 Å². The lowest BCUT2D eigenvalue weighted by Gasteiger charge is -2.24. The lowest BCUT2D eigenvalue weighted by atomic mass is 10.0. The maximum Gasteiger partial charge on any atom is 0.225 e. The van der Waals surface area contributed by atoms with Crippen LogP contribution in [0.5, 0.6) is 0 Å². The summed E-state index contributed by atoms with van der Waals surface area (Å²) >= 11 is 0. The molecule has 0 aromatic heterocycles. The van der Waals surface area contributed by atoms with Crippen molar-refractivity contribution < 1.29 is 14.3 Å². The minimum atomic E-state index is -0.481. The molecule has 1 amide bonds. The Morgan fingerprint density at radius 2 is 2.06 bits per heavy atom. The van der Waals surface area contributed by atoms with Gasteiger partial charge >= 0.3 is 0 Å². The summed E-state index contributed by atoms with van der Waals surface area (Å²) in [5, 5.41) is 2.91. The predicted molar refractivity (Wildman–Crippen MR) is 63.3 cm³/mol. The molecule has 1 heterocycles. The summed E-state index contributed by atoms with van der Waals surface area (Å²) in [4.78, 5) is 11.6. The van der Waals surface area contributed by atoms with E-state index in [1.165, 1.54) is 0 Å². The van der Waals surface area contributed by atoms with E-state index in [2.05, 4.69) is 5.32 Å². The van der Waals surface area contributed by atoms with Gasteiger partial charge in [0.25, 0.3) is 0 Å². The molecule has 2 rings (SSSR count). The Balaban J connectivity index is 2.22. The van der Waals surface area contributed by atoms with Crippen molar-refractivity contribution in [2.24, 2.45) is 0 Å². The summed E-state index contributed by atoms with van der Waals surface area (Å²) in [6.07, 6.45) is -0.415. The zero-order valence-corrected chi connectivity index (χ0v) is 10.1. The van der Waals surface area contributed by atoms with Crippen LogP contribution < -0.4 is 5.32 Å². The van der Waals surface area contributed by atoms with Gasteiger partial charge in [-0.3, -0.25) is 4.79 Å². The molecule has 1 aliphatic rings. The average Bonchev–Trinajstić information content (AvgIpc) is 2.48. The van der Waals surface area contributed by atoms with Gasteiger partial charge in [-0.15, -0.1) is 0 Å².